The van der Waals surface area contributed by atoms with Crippen LogP contribution in [0.5, 0.6) is 0 Å². The van der Waals surface area contributed by atoms with Gasteiger partial charge in [0.2, 0.25) is 0 Å². The van der Waals surface area contributed by atoms with Crippen LogP contribution >= 0.6 is 23.2 Å². The second kappa shape index (κ2) is 8.09. The van der Waals surface area contributed by atoms with Crippen LogP contribution in [0.1, 0.15) is 40.1 Å². The van der Waals surface area contributed by atoms with E-state index in [9.17, 15) is 18.0 Å². The summed E-state index contributed by atoms with van der Waals surface area (Å²) in [4.78, 5) is 12.6. The Balaban J connectivity index is 1.64. The van der Waals surface area contributed by atoms with Gasteiger partial charge < -0.3 is 10.6 Å². The highest BCUT2D eigenvalue weighted by Gasteiger charge is 2.46. The van der Waals surface area contributed by atoms with E-state index in [-0.39, 0.29) is 28.6 Å². The van der Waals surface area contributed by atoms with Gasteiger partial charge in [-0.05, 0) is 30.7 Å². The SMILES string of the molecule is Cc1ccc([C@@H]2C[C@H](C(F)(F)F)n3nc(C(=O)Nc4ccc(Cl)cc4Cl)cc3N2)cc1. The number of amides is 1. The van der Waals surface area contributed by atoms with E-state index in [4.69, 9.17) is 23.2 Å². The minimum atomic E-state index is -4.53. The van der Waals surface area contributed by atoms with Crippen LogP contribution in [-0.4, -0.2) is 21.9 Å². The number of rotatable bonds is 3. The highest BCUT2D eigenvalue weighted by molar-refractivity contribution is 6.36. The first kappa shape index (κ1) is 21.5. The highest BCUT2D eigenvalue weighted by Crippen LogP contribution is 2.43. The molecular formula is C21H17Cl2F3N4O. The van der Waals surface area contributed by atoms with E-state index >= 15 is 0 Å². The molecule has 0 fully saturated rings. The number of anilines is 2. The number of aryl methyl sites for hydroxylation is 1. The van der Waals surface area contributed by atoms with Gasteiger partial charge in [-0.15, -0.1) is 0 Å². The van der Waals surface area contributed by atoms with Crippen LogP contribution in [0.15, 0.2) is 48.5 Å². The molecule has 0 aliphatic carbocycles. The molecule has 2 N–H and O–H groups in total. The Labute approximate surface area is 186 Å². The number of aromatic nitrogens is 2. The summed E-state index contributed by atoms with van der Waals surface area (Å²) in [7, 11) is 0. The second-order valence-corrected chi connectivity index (χ2v) is 8.18. The Bertz CT molecular complexity index is 1130. The largest absolute Gasteiger partial charge is 0.410 e. The Morgan fingerprint density at radius 1 is 1.16 bits per heavy atom. The number of hydrogen-bond donors (Lipinski definition) is 2. The zero-order valence-electron chi connectivity index (χ0n) is 16.2. The number of alkyl halides is 3. The lowest BCUT2D eigenvalue weighted by molar-refractivity contribution is -0.173. The molecule has 2 atom stereocenters. The van der Waals surface area contributed by atoms with Crippen LogP contribution in [0, 0.1) is 6.92 Å². The Morgan fingerprint density at radius 3 is 2.52 bits per heavy atom. The van der Waals surface area contributed by atoms with E-state index in [2.05, 4.69) is 15.7 Å². The van der Waals surface area contributed by atoms with Crippen molar-refractivity contribution >= 4 is 40.6 Å². The Hall–Kier alpha value is -2.71. The second-order valence-electron chi connectivity index (χ2n) is 7.34. The molecule has 4 rings (SSSR count). The molecule has 0 bridgehead atoms. The smallest absolute Gasteiger partial charge is 0.363 e. The maximum atomic E-state index is 13.8. The van der Waals surface area contributed by atoms with Crippen LogP contribution in [-0.2, 0) is 0 Å². The zero-order valence-corrected chi connectivity index (χ0v) is 17.7. The molecule has 31 heavy (non-hydrogen) atoms. The fourth-order valence-electron chi connectivity index (χ4n) is 3.48. The summed E-state index contributed by atoms with van der Waals surface area (Å²) in [5.74, 6) is -0.563. The molecule has 0 spiro atoms. The van der Waals surface area contributed by atoms with Gasteiger partial charge in [0.1, 0.15) is 5.82 Å². The Morgan fingerprint density at radius 2 is 1.87 bits per heavy atom. The summed E-state index contributed by atoms with van der Waals surface area (Å²) in [6.07, 6.45) is -4.77. The number of benzene rings is 2. The third kappa shape index (κ3) is 4.50. The number of hydrogen-bond acceptors (Lipinski definition) is 3. The third-order valence-corrected chi connectivity index (χ3v) is 5.63. The average molecular weight is 469 g/mol. The molecule has 3 aromatic rings. The number of nitrogens with one attached hydrogen (secondary N) is 2. The average Bonchev–Trinajstić information content (AvgIpc) is 3.13. The molecule has 1 aromatic heterocycles. The maximum Gasteiger partial charge on any atom is 0.410 e. The van der Waals surface area contributed by atoms with Crippen LogP contribution < -0.4 is 10.6 Å². The van der Waals surface area contributed by atoms with E-state index < -0.39 is 24.2 Å². The minimum Gasteiger partial charge on any atom is -0.363 e. The molecule has 2 heterocycles. The molecule has 162 valence electrons. The van der Waals surface area contributed by atoms with E-state index in [0.29, 0.717) is 5.02 Å². The summed E-state index contributed by atoms with van der Waals surface area (Å²) >= 11 is 11.9. The van der Waals surface area contributed by atoms with Crippen molar-refractivity contribution in [3.05, 3.63) is 75.4 Å². The first-order valence-electron chi connectivity index (χ1n) is 9.37. The lowest BCUT2D eigenvalue weighted by Crippen LogP contribution is -2.35. The van der Waals surface area contributed by atoms with Crippen molar-refractivity contribution in [2.24, 2.45) is 0 Å². The first-order valence-corrected chi connectivity index (χ1v) is 10.1. The van der Waals surface area contributed by atoms with Crippen molar-refractivity contribution in [2.45, 2.75) is 31.6 Å². The van der Waals surface area contributed by atoms with Crippen molar-refractivity contribution in [1.82, 2.24) is 9.78 Å². The van der Waals surface area contributed by atoms with Crippen LogP contribution in [0.4, 0.5) is 24.7 Å². The van der Waals surface area contributed by atoms with Crippen molar-refractivity contribution in [2.75, 3.05) is 10.6 Å². The summed E-state index contributed by atoms with van der Waals surface area (Å²) in [6.45, 7) is 1.91. The number of carbonyl (C=O) groups excluding carboxylic acids is 1. The molecule has 0 saturated carbocycles. The lowest BCUT2D eigenvalue weighted by Gasteiger charge is -2.33. The molecule has 0 saturated heterocycles. The van der Waals surface area contributed by atoms with Crippen molar-refractivity contribution < 1.29 is 18.0 Å². The van der Waals surface area contributed by atoms with Crippen molar-refractivity contribution in [1.29, 1.82) is 0 Å². The summed E-state index contributed by atoms with van der Waals surface area (Å²) < 4.78 is 42.2. The van der Waals surface area contributed by atoms with Gasteiger partial charge in [-0.3, -0.25) is 4.79 Å². The van der Waals surface area contributed by atoms with Crippen molar-refractivity contribution in [3.63, 3.8) is 0 Å². The van der Waals surface area contributed by atoms with E-state index in [1.165, 1.54) is 24.3 Å². The molecule has 1 amide bonds. The predicted octanol–water partition coefficient (Wildman–Crippen LogP) is 6.41. The lowest BCUT2D eigenvalue weighted by atomic mass is 9.96. The van der Waals surface area contributed by atoms with Gasteiger partial charge in [0.25, 0.3) is 5.91 Å². The number of carbonyl (C=O) groups is 1. The first-order chi connectivity index (χ1) is 14.6. The fourth-order valence-corrected chi connectivity index (χ4v) is 3.93. The van der Waals surface area contributed by atoms with E-state index in [0.717, 1.165) is 15.8 Å². The number of nitrogens with zero attached hydrogens (tertiary/aromatic N) is 2. The minimum absolute atomic E-state index is 0.117. The quantitative estimate of drug-likeness (QED) is 0.466. The van der Waals surface area contributed by atoms with Gasteiger partial charge in [0.15, 0.2) is 11.7 Å². The summed E-state index contributed by atoms with van der Waals surface area (Å²) in [6, 6.07) is 10.6. The van der Waals surface area contributed by atoms with E-state index in [1.54, 1.807) is 12.1 Å². The zero-order chi connectivity index (χ0) is 22.3. The number of fused-ring (bicyclic) bond motifs is 1. The topological polar surface area (TPSA) is 59.0 Å². The van der Waals surface area contributed by atoms with Crippen LogP contribution in [0.2, 0.25) is 10.0 Å². The number of halogens is 5. The maximum absolute atomic E-state index is 13.8. The van der Waals surface area contributed by atoms with Crippen molar-refractivity contribution in [3.8, 4) is 0 Å². The molecule has 0 radical (unpaired) electrons. The van der Waals surface area contributed by atoms with Gasteiger partial charge in [-0.1, -0.05) is 53.0 Å². The monoisotopic (exact) mass is 468 g/mol. The standard InChI is InChI=1S/C21H17Cl2F3N4O/c1-11-2-4-12(5-3-11)16-9-18(21(24,25)26)30-19(27-16)10-17(29-30)20(31)28-15-7-6-13(22)8-14(15)23/h2-8,10,16,18,27H,9H2,1H3,(H,28,31)/t16-,18+/m0/s1. The molecule has 5 nitrogen and oxygen atoms in total. The molecule has 1 aliphatic rings. The summed E-state index contributed by atoms with van der Waals surface area (Å²) in [5, 5.41) is 10.2. The third-order valence-electron chi connectivity index (χ3n) is 5.08. The van der Waals surface area contributed by atoms with Crippen LogP contribution in [0.3, 0.4) is 0 Å². The normalized spacial score (nSPS) is 18.3. The van der Waals surface area contributed by atoms with Gasteiger partial charge >= 0.3 is 6.18 Å². The van der Waals surface area contributed by atoms with Crippen LogP contribution in [0.25, 0.3) is 0 Å². The molecule has 10 heteroatoms. The molecule has 2 aromatic carbocycles. The molecule has 0 unspecified atom stereocenters. The Kier molecular flexibility index (Phi) is 5.61. The fraction of sp³-hybridized carbons (Fsp3) is 0.238. The van der Waals surface area contributed by atoms with E-state index in [1.807, 2.05) is 19.1 Å². The molecule has 1 aliphatic heterocycles. The highest BCUT2D eigenvalue weighted by atomic mass is 35.5. The van der Waals surface area contributed by atoms with Gasteiger partial charge in [0.05, 0.1) is 16.8 Å². The molecular weight excluding hydrogens is 452 g/mol. The summed E-state index contributed by atoms with van der Waals surface area (Å²) in [5.41, 5.74) is 1.86. The predicted molar refractivity (Wildman–Crippen MR) is 114 cm³/mol. The van der Waals surface area contributed by atoms with Gasteiger partial charge in [-0.25, -0.2) is 4.68 Å². The van der Waals surface area contributed by atoms with Gasteiger partial charge in [0, 0.05) is 17.5 Å². The van der Waals surface area contributed by atoms with Gasteiger partial charge in [-0.2, -0.15) is 18.3 Å².